The highest BCUT2D eigenvalue weighted by Gasteiger charge is 2.10. The molecule has 0 aliphatic carbocycles. The van der Waals surface area contributed by atoms with Crippen LogP contribution in [0.15, 0.2) is 68.4 Å². The van der Waals surface area contributed by atoms with Gasteiger partial charge in [0.2, 0.25) is 0 Å². The number of ether oxygens (including phenoxy) is 1. The van der Waals surface area contributed by atoms with Crippen molar-refractivity contribution >= 4 is 21.9 Å². The molecule has 0 amide bonds. The molecule has 0 atom stereocenters. The standard InChI is InChI=1S/C18H12O4/c1-20-13-4-2-3-11(7-13)17-9-15(19)14-8-12-5-6-21-16(12)10-18(14)22-17/h2-10H,1H3. The summed E-state index contributed by atoms with van der Waals surface area (Å²) in [5.74, 6) is 1.21. The van der Waals surface area contributed by atoms with Gasteiger partial charge in [-0.2, -0.15) is 0 Å². The summed E-state index contributed by atoms with van der Waals surface area (Å²) in [5, 5.41) is 1.43. The molecule has 22 heavy (non-hydrogen) atoms. The number of fused-ring (bicyclic) bond motifs is 2. The zero-order chi connectivity index (χ0) is 15.1. The lowest BCUT2D eigenvalue weighted by atomic mass is 10.1. The second kappa shape index (κ2) is 4.77. The van der Waals surface area contributed by atoms with Gasteiger partial charge in [-0.15, -0.1) is 0 Å². The maximum Gasteiger partial charge on any atom is 0.193 e. The van der Waals surface area contributed by atoms with Gasteiger partial charge in [0, 0.05) is 23.1 Å². The number of benzene rings is 2. The van der Waals surface area contributed by atoms with E-state index in [2.05, 4.69) is 0 Å². The van der Waals surface area contributed by atoms with E-state index in [-0.39, 0.29) is 5.43 Å². The van der Waals surface area contributed by atoms with E-state index in [1.807, 2.05) is 30.3 Å². The highest BCUT2D eigenvalue weighted by atomic mass is 16.5. The van der Waals surface area contributed by atoms with Gasteiger partial charge in [0.1, 0.15) is 22.7 Å². The smallest absolute Gasteiger partial charge is 0.193 e. The van der Waals surface area contributed by atoms with Crippen molar-refractivity contribution in [3.8, 4) is 17.1 Å². The van der Waals surface area contributed by atoms with Crippen LogP contribution in [0.3, 0.4) is 0 Å². The summed E-state index contributed by atoms with van der Waals surface area (Å²) >= 11 is 0. The van der Waals surface area contributed by atoms with E-state index in [9.17, 15) is 4.79 Å². The Labute approximate surface area is 125 Å². The molecule has 2 aromatic carbocycles. The summed E-state index contributed by atoms with van der Waals surface area (Å²) < 4.78 is 16.5. The normalized spacial score (nSPS) is 11.1. The Morgan fingerprint density at radius 3 is 2.77 bits per heavy atom. The molecular formula is C18H12O4. The van der Waals surface area contributed by atoms with Gasteiger partial charge < -0.3 is 13.6 Å². The number of rotatable bonds is 2. The maximum atomic E-state index is 12.4. The lowest BCUT2D eigenvalue weighted by Crippen LogP contribution is -2.00. The van der Waals surface area contributed by atoms with Crippen molar-refractivity contribution in [3.63, 3.8) is 0 Å². The highest BCUT2D eigenvalue weighted by molar-refractivity contribution is 5.93. The minimum atomic E-state index is -0.0813. The number of furan rings is 1. The summed E-state index contributed by atoms with van der Waals surface area (Å²) in [6.07, 6.45) is 1.59. The molecule has 0 fully saturated rings. The van der Waals surface area contributed by atoms with Crippen LogP contribution in [0, 0.1) is 0 Å². The van der Waals surface area contributed by atoms with Gasteiger partial charge in [0.15, 0.2) is 5.43 Å². The fraction of sp³-hybridized carbons (Fsp3) is 0.0556. The topological polar surface area (TPSA) is 52.6 Å². The van der Waals surface area contributed by atoms with E-state index in [0.717, 1.165) is 10.9 Å². The molecule has 2 heterocycles. The van der Waals surface area contributed by atoms with Crippen LogP contribution in [0.25, 0.3) is 33.3 Å². The van der Waals surface area contributed by atoms with Crippen LogP contribution in [-0.2, 0) is 0 Å². The van der Waals surface area contributed by atoms with Crippen molar-refractivity contribution in [3.05, 3.63) is 65.0 Å². The second-order valence-electron chi connectivity index (χ2n) is 5.01. The zero-order valence-electron chi connectivity index (χ0n) is 11.8. The van der Waals surface area contributed by atoms with Gasteiger partial charge in [-0.05, 0) is 24.3 Å². The molecule has 0 unspecified atom stereocenters. The van der Waals surface area contributed by atoms with Crippen molar-refractivity contribution in [2.45, 2.75) is 0 Å². The Balaban J connectivity index is 1.98. The second-order valence-corrected chi connectivity index (χ2v) is 5.01. The van der Waals surface area contributed by atoms with Crippen LogP contribution >= 0.6 is 0 Å². The summed E-state index contributed by atoms with van der Waals surface area (Å²) in [6, 6.07) is 14.3. The molecule has 4 rings (SSSR count). The molecule has 4 aromatic rings. The molecule has 0 aliphatic rings. The largest absolute Gasteiger partial charge is 0.497 e. The van der Waals surface area contributed by atoms with E-state index in [1.54, 1.807) is 25.5 Å². The lowest BCUT2D eigenvalue weighted by Gasteiger charge is -2.05. The number of hydrogen-bond donors (Lipinski definition) is 0. The van der Waals surface area contributed by atoms with Gasteiger partial charge in [-0.1, -0.05) is 12.1 Å². The lowest BCUT2D eigenvalue weighted by molar-refractivity contribution is 0.415. The first-order valence-electron chi connectivity index (χ1n) is 6.84. The molecule has 0 N–H and O–H groups in total. The molecule has 4 nitrogen and oxygen atoms in total. The Morgan fingerprint density at radius 1 is 1.00 bits per heavy atom. The van der Waals surface area contributed by atoms with Crippen LogP contribution in [0.5, 0.6) is 5.75 Å². The summed E-state index contributed by atoms with van der Waals surface area (Å²) in [7, 11) is 1.60. The Morgan fingerprint density at radius 2 is 1.91 bits per heavy atom. The molecule has 0 saturated carbocycles. The first-order valence-corrected chi connectivity index (χ1v) is 6.84. The maximum absolute atomic E-state index is 12.4. The van der Waals surface area contributed by atoms with E-state index < -0.39 is 0 Å². The molecule has 4 heteroatoms. The van der Waals surface area contributed by atoms with E-state index in [0.29, 0.717) is 28.1 Å². The Kier molecular flexibility index (Phi) is 2.76. The third kappa shape index (κ3) is 1.97. The van der Waals surface area contributed by atoms with Crippen LogP contribution in [0.2, 0.25) is 0 Å². The van der Waals surface area contributed by atoms with Crippen molar-refractivity contribution in [2.24, 2.45) is 0 Å². The Bertz CT molecular complexity index is 1040. The van der Waals surface area contributed by atoms with Crippen molar-refractivity contribution < 1.29 is 13.6 Å². The molecule has 0 bridgehead atoms. The molecule has 0 spiro atoms. The fourth-order valence-electron chi connectivity index (χ4n) is 2.53. The van der Waals surface area contributed by atoms with Crippen LogP contribution in [-0.4, -0.2) is 7.11 Å². The van der Waals surface area contributed by atoms with Crippen molar-refractivity contribution in [1.29, 1.82) is 0 Å². The minimum Gasteiger partial charge on any atom is -0.497 e. The van der Waals surface area contributed by atoms with E-state index in [4.69, 9.17) is 13.6 Å². The predicted molar refractivity (Wildman–Crippen MR) is 84.2 cm³/mol. The average Bonchev–Trinajstić information content (AvgIpc) is 3.00. The molecule has 0 radical (unpaired) electrons. The van der Waals surface area contributed by atoms with Gasteiger partial charge in [0.25, 0.3) is 0 Å². The van der Waals surface area contributed by atoms with Gasteiger partial charge in [0.05, 0.1) is 18.8 Å². The van der Waals surface area contributed by atoms with E-state index >= 15 is 0 Å². The molecule has 0 saturated heterocycles. The van der Waals surface area contributed by atoms with Gasteiger partial charge >= 0.3 is 0 Å². The summed E-state index contributed by atoms with van der Waals surface area (Å²) in [5.41, 5.74) is 1.91. The predicted octanol–water partition coefficient (Wildman–Crippen LogP) is 4.21. The zero-order valence-corrected chi connectivity index (χ0v) is 11.8. The van der Waals surface area contributed by atoms with Crippen LogP contribution in [0.1, 0.15) is 0 Å². The van der Waals surface area contributed by atoms with Crippen molar-refractivity contribution in [1.82, 2.24) is 0 Å². The molecule has 2 aromatic heterocycles. The summed E-state index contributed by atoms with van der Waals surface area (Å²) in [4.78, 5) is 12.4. The first kappa shape index (κ1) is 12.7. The van der Waals surface area contributed by atoms with E-state index in [1.165, 1.54) is 6.07 Å². The highest BCUT2D eigenvalue weighted by Crippen LogP contribution is 2.27. The average molecular weight is 292 g/mol. The van der Waals surface area contributed by atoms with Crippen LogP contribution < -0.4 is 10.2 Å². The Hall–Kier alpha value is -3.01. The fourth-order valence-corrected chi connectivity index (χ4v) is 2.53. The third-order valence-corrected chi connectivity index (χ3v) is 3.66. The monoisotopic (exact) mass is 292 g/mol. The quantitative estimate of drug-likeness (QED) is 0.555. The minimum absolute atomic E-state index is 0.0813. The van der Waals surface area contributed by atoms with Crippen molar-refractivity contribution in [2.75, 3.05) is 7.11 Å². The van der Waals surface area contributed by atoms with Gasteiger partial charge in [-0.3, -0.25) is 4.79 Å². The molecular weight excluding hydrogens is 280 g/mol. The van der Waals surface area contributed by atoms with Crippen LogP contribution in [0.4, 0.5) is 0 Å². The first-order chi connectivity index (χ1) is 10.7. The number of hydrogen-bond acceptors (Lipinski definition) is 4. The number of methoxy groups -OCH3 is 1. The third-order valence-electron chi connectivity index (χ3n) is 3.66. The molecule has 0 aliphatic heterocycles. The van der Waals surface area contributed by atoms with Gasteiger partial charge in [-0.25, -0.2) is 0 Å². The SMILES string of the molecule is COc1cccc(-c2cc(=O)c3cc4ccoc4cc3o2)c1. The summed E-state index contributed by atoms with van der Waals surface area (Å²) in [6.45, 7) is 0. The molecule has 108 valence electrons.